The van der Waals surface area contributed by atoms with Crippen LogP contribution in [-0.2, 0) is 0 Å². The Balaban J connectivity index is 2.64. The molecule has 0 aromatic heterocycles. The van der Waals surface area contributed by atoms with Gasteiger partial charge in [-0.15, -0.1) is 28.7 Å². The minimum Gasteiger partial charge on any atom is -0.139 e. The zero-order valence-electron chi connectivity index (χ0n) is 8.79. The molecule has 0 aliphatic rings. The van der Waals surface area contributed by atoms with Crippen LogP contribution in [0.25, 0.3) is 10.8 Å². The van der Waals surface area contributed by atoms with E-state index in [0.29, 0.717) is 6.04 Å². The predicted molar refractivity (Wildman–Crippen MR) is 76.0 cm³/mol. The highest BCUT2D eigenvalue weighted by atomic mass is 35.7. The van der Waals surface area contributed by atoms with Crippen LogP contribution < -0.4 is 5.19 Å². The normalized spacial score (nSPS) is 11.6. The minimum atomic E-state index is -2.42. The molecule has 2 aromatic rings. The number of hydrogen-bond donors (Lipinski definition) is 0. The third-order valence-corrected chi connectivity index (χ3v) is 6.76. The summed E-state index contributed by atoms with van der Waals surface area (Å²) < 4.78 is 0. The van der Waals surface area contributed by atoms with Crippen LogP contribution in [0.4, 0.5) is 0 Å². The fourth-order valence-electron chi connectivity index (χ4n) is 1.84. The van der Waals surface area contributed by atoms with Gasteiger partial charge < -0.3 is 0 Å². The van der Waals surface area contributed by atoms with Gasteiger partial charge in [0.25, 0.3) is 6.69 Å². The van der Waals surface area contributed by atoms with E-state index in [2.05, 4.69) is 24.8 Å². The monoisotopic (exact) mass is 266 g/mol. The van der Waals surface area contributed by atoms with Crippen molar-refractivity contribution in [3.05, 3.63) is 55.1 Å². The van der Waals surface area contributed by atoms with Gasteiger partial charge in [-0.2, -0.15) is 0 Å². The van der Waals surface area contributed by atoms with Crippen molar-refractivity contribution in [1.29, 1.82) is 0 Å². The molecule has 0 spiro atoms. The van der Waals surface area contributed by atoms with Crippen LogP contribution in [0.2, 0.25) is 6.04 Å². The average Bonchev–Trinajstić information content (AvgIpc) is 2.28. The second-order valence-corrected chi connectivity index (χ2v) is 10.5. The van der Waals surface area contributed by atoms with Crippen molar-refractivity contribution in [1.82, 2.24) is 0 Å². The zero-order valence-corrected chi connectivity index (χ0v) is 11.3. The molecule has 2 aromatic carbocycles. The number of hydrogen-bond acceptors (Lipinski definition) is 0. The summed E-state index contributed by atoms with van der Waals surface area (Å²) in [5.41, 5.74) is 0. The summed E-state index contributed by atoms with van der Waals surface area (Å²) in [5, 5.41) is 3.42. The summed E-state index contributed by atoms with van der Waals surface area (Å²) in [6.07, 6.45) is 1.80. The fraction of sp³-hybridized carbons (Fsp3) is 0.0769. The molecule has 82 valence electrons. The Morgan fingerprint density at radius 2 is 1.75 bits per heavy atom. The van der Waals surface area contributed by atoms with Crippen LogP contribution >= 0.6 is 22.2 Å². The van der Waals surface area contributed by atoms with Crippen LogP contribution in [0.1, 0.15) is 0 Å². The van der Waals surface area contributed by atoms with Gasteiger partial charge in [0, 0.05) is 0 Å². The summed E-state index contributed by atoms with van der Waals surface area (Å²) >= 11 is 12.9. The largest absolute Gasteiger partial charge is 0.285 e. The Bertz CT molecular complexity index is 515. The zero-order chi connectivity index (χ0) is 11.6. The fourth-order valence-corrected chi connectivity index (χ4v) is 5.02. The SMILES string of the molecule is C=CC[Si](Cl)(Cl)c1cccc2ccccc12. The van der Waals surface area contributed by atoms with Gasteiger partial charge in [0.1, 0.15) is 0 Å². The first-order valence-corrected chi connectivity index (χ1v) is 9.35. The lowest BCUT2D eigenvalue weighted by Crippen LogP contribution is -2.36. The number of allylic oxidation sites excluding steroid dienone is 1. The van der Waals surface area contributed by atoms with Crippen molar-refractivity contribution >= 4 is 44.8 Å². The van der Waals surface area contributed by atoms with Gasteiger partial charge in [0.2, 0.25) is 0 Å². The molecule has 0 radical (unpaired) electrons. The molecule has 0 fully saturated rings. The molecule has 0 nitrogen and oxygen atoms in total. The maximum atomic E-state index is 6.47. The van der Waals surface area contributed by atoms with Crippen molar-refractivity contribution < 1.29 is 0 Å². The second-order valence-electron chi connectivity index (χ2n) is 3.72. The minimum absolute atomic E-state index is 0.671. The Hall–Kier alpha value is -0.763. The summed E-state index contributed by atoms with van der Waals surface area (Å²) in [5.74, 6) is 0. The maximum Gasteiger partial charge on any atom is 0.285 e. The Kier molecular flexibility index (Phi) is 3.38. The highest BCUT2D eigenvalue weighted by molar-refractivity contribution is 7.51. The lowest BCUT2D eigenvalue weighted by molar-refractivity contribution is 1.68. The second kappa shape index (κ2) is 4.62. The molecule has 2 rings (SSSR count). The predicted octanol–water partition coefficient (Wildman–Crippen LogP) is 4.15. The Morgan fingerprint density at radius 1 is 1.06 bits per heavy atom. The molecule has 0 N–H and O–H groups in total. The number of benzene rings is 2. The van der Waals surface area contributed by atoms with Gasteiger partial charge in [0.05, 0.1) is 0 Å². The third-order valence-electron chi connectivity index (χ3n) is 2.58. The van der Waals surface area contributed by atoms with Gasteiger partial charge in [-0.1, -0.05) is 48.5 Å². The number of fused-ring (bicyclic) bond motifs is 1. The highest BCUT2D eigenvalue weighted by Gasteiger charge is 2.30. The van der Waals surface area contributed by atoms with Gasteiger partial charge in [0.15, 0.2) is 0 Å². The Morgan fingerprint density at radius 3 is 2.50 bits per heavy atom. The Labute approximate surface area is 106 Å². The lowest BCUT2D eigenvalue weighted by Gasteiger charge is -2.17. The van der Waals surface area contributed by atoms with Crippen LogP contribution in [0.5, 0.6) is 0 Å². The first-order chi connectivity index (χ1) is 7.65. The van der Waals surface area contributed by atoms with Gasteiger partial charge in [-0.05, 0) is 22.0 Å². The summed E-state index contributed by atoms with van der Waals surface area (Å²) in [6, 6.07) is 15.0. The van der Waals surface area contributed by atoms with E-state index in [1.807, 2.05) is 24.3 Å². The molecule has 0 amide bonds. The number of rotatable bonds is 3. The van der Waals surface area contributed by atoms with E-state index >= 15 is 0 Å². The maximum absolute atomic E-state index is 6.47. The molecule has 16 heavy (non-hydrogen) atoms. The van der Waals surface area contributed by atoms with Crippen molar-refractivity contribution in [3.63, 3.8) is 0 Å². The van der Waals surface area contributed by atoms with E-state index in [4.69, 9.17) is 22.2 Å². The lowest BCUT2D eigenvalue weighted by atomic mass is 10.1. The molecule has 3 heteroatoms. The quantitative estimate of drug-likeness (QED) is 0.445. The smallest absolute Gasteiger partial charge is 0.139 e. The highest BCUT2D eigenvalue weighted by Crippen LogP contribution is 2.24. The molecular formula is C13H12Cl2Si. The molecular weight excluding hydrogens is 255 g/mol. The first kappa shape index (κ1) is 11.7. The van der Waals surface area contributed by atoms with E-state index in [9.17, 15) is 0 Å². The van der Waals surface area contributed by atoms with Crippen LogP contribution in [0.15, 0.2) is 55.1 Å². The van der Waals surface area contributed by atoms with Crippen molar-refractivity contribution in [3.8, 4) is 0 Å². The van der Waals surface area contributed by atoms with E-state index in [0.717, 1.165) is 10.6 Å². The average molecular weight is 267 g/mol. The van der Waals surface area contributed by atoms with E-state index in [1.54, 1.807) is 6.08 Å². The van der Waals surface area contributed by atoms with Crippen molar-refractivity contribution in [2.45, 2.75) is 6.04 Å². The van der Waals surface area contributed by atoms with E-state index in [1.165, 1.54) is 5.39 Å². The van der Waals surface area contributed by atoms with Gasteiger partial charge in [-0.25, -0.2) is 0 Å². The van der Waals surface area contributed by atoms with Crippen LogP contribution in [0.3, 0.4) is 0 Å². The van der Waals surface area contributed by atoms with E-state index < -0.39 is 6.69 Å². The topological polar surface area (TPSA) is 0 Å². The number of halogens is 2. The summed E-state index contributed by atoms with van der Waals surface area (Å²) in [6.45, 7) is 1.30. The molecule has 0 saturated heterocycles. The molecule has 0 bridgehead atoms. The molecule has 0 unspecified atom stereocenters. The van der Waals surface area contributed by atoms with Crippen LogP contribution in [0, 0.1) is 0 Å². The van der Waals surface area contributed by atoms with Gasteiger partial charge in [-0.3, -0.25) is 0 Å². The van der Waals surface area contributed by atoms with E-state index in [-0.39, 0.29) is 0 Å². The molecule has 0 atom stereocenters. The first-order valence-electron chi connectivity index (χ1n) is 5.12. The van der Waals surface area contributed by atoms with Crippen LogP contribution in [-0.4, -0.2) is 6.69 Å². The third kappa shape index (κ3) is 2.17. The molecule has 0 saturated carbocycles. The molecule has 0 aliphatic carbocycles. The summed E-state index contributed by atoms with van der Waals surface area (Å²) in [7, 11) is 0. The van der Waals surface area contributed by atoms with Gasteiger partial charge >= 0.3 is 0 Å². The van der Waals surface area contributed by atoms with Crippen molar-refractivity contribution in [2.75, 3.05) is 0 Å². The molecule has 0 heterocycles. The van der Waals surface area contributed by atoms with Crippen molar-refractivity contribution in [2.24, 2.45) is 0 Å². The standard InChI is InChI=1S/C13H12Cl2Si/c1-2-10-16(14,15)13-9-5-7-11-6-3-4-8-12(11)13/h2-9H,1,10H2. The summed E-state index contributed by atoms with van der Waals surface area (Å²) in [4.78, 5) is 0. The molecule has 0 aliphatic heterocycles.